The lowest BCUT2D eigenvalue weighted by Gasteiger charge is -2.36. The van der Waals surface area contributed by atoms with Gasteiger partial charge in [0, 0.05) is 17.1 Å². The van der Waals surface area contributed by atoms with Crippen LogP contribution in [0.2, 0.25) is 0 Å². The monoisotopic (exact) mass is 269 g/mol. The zero-order chi connectivity index (χ0) is 10.8. The van der Waals surface area contributed by atoms with Crippen molar-refractivity contribution < 1.29 is 9.53 Å². The van der Waals surface area contributed by atoms with E-state index in [-0.39, 0.29) is 17.9 Å². The van der Waals surface area contributed by atoms with Crippen LogP contribution in [-0.2, 0) is 9.53 Å². The maximum Gasteiger partial charge on any atom is 0.311 e. The Bertz CT molecular complexity index is 381. The first-order valence-electron chi connectivity index (χ1n) is 4.79. The number of nitrogens with one attached hydrogen (secondary N) is 1. The second kappa shape index (κ2) is 4.33. The molecule has 1 heterocycles. The highest BCUT2D eigenvalue weighted by Crippen LogP contribution is 2.34. The molecule has 0 aliphatic carbocycles. The topological polar surface area (TPSA) is 38.3 Å². The van der Waals surface area contributed by atoms with E-state index in [4.69, 9.17) is 4.74 Å². The lowest BCUT2D eigenvalue weighted by molar-refractivity contribution is -0.149. The average Bonchev–Trinajstić information content (AvgIpc) is 2.19. The van der Waals surface area contributed by atoms with E-state index >= 15 is 0 Å². The summed E-state index contributed by atoms with van der Waals surface area (Å²) in [7, 11) is 1.43. The molecule has 80 valence electrons. The van der Waals surface area contributed by atoms with Crippen LogP contribution in [0.4, 0.5) is 0 Å². The quantitative estimate of drug-likeness (QED) is 0.834. The molecule has 0 amide bonds. The van der Waals surface area contributed by atoms with Gasteiger partial charge in [-0.1, -0.05) is 34.1 Å². The van der Waals surface area contributed by atoms with Crippen molar-refractivity contribution in [2.45, 2.75) is 6.04 Å². The molecule has 0 aromatic heterocycles. The van der Waals surface area contributed by atoms with Crippen LogP contribution in [0.25, 0.3) is 0 Å². The highest BCUT2D eigenvalue weighted by Gasteiger charge is 2.38. The number of methoxy groups -OCH3 is 1. The molecule has 0 spiro atoms. The van der Waals surface area contributed by atoms with Crippen LogP contribution in [0.3, 0.4) is 0 Å². The maximum atomic E-state index is 11.4. The second-order valence-electron chi connectivity index (χ2n) is 3.54. The lowest BCUT2D eigenvalue weighted by Crippen LogP contribution is -2.50. The molecule has 2 rings (SSSR count). The number of hydrogen-bond donors (Lipinski definition) is 1. The first-order chi connectivity index (χ1) is 7.24. The molecule has 2 unspecified atom stereocenters. The summed E-state index contributed by atoms with van der Waals surface area (Å²) < 4.78 is 5.78. The molecule has 1 saturated heterocycles. The van der Waals surface area contributed by atoms with Crippen molar-refractivity contribution in [3.05, 3.63) is 34.3 Å². The predicted molar refractivity (Wildman–Crippen MR) is 60.4 cm³/mol. The molecule has 1 aliphatic rings. The highest BCUT2D eigenvalue weighted by atomic mass is 79.9. The average molecular weight is 270 g/mol. The molecule has 0 bridgehead atoms. The third-order valence-electron chi connectivity index (χ3n) is 2.70. The zero-order valence-electron chi connectivity index (χ0n) is 8.37. The van der Waals surface area contributed by atoms with Gasteiger partial charge in [0.25, 0.3) is 0 Å². The van der Waals surface area contributed by atoms with Gasteiger partial charge in [-0.2, -0.15) is 0 Å². The number of carbonyl (C=O) groups excluding carboxylic acids is 1. The molecule has 1 fully saturated rings. The molecule has 0 saturated carbocycles. The summed E-state index contributed by atoms with van der Waals surface area (Å²) in [6.07, 6.45) is 0. The number of esters is 1. The Balaban J connectivity index is 2.19. The van der Waals surface area contributed by atoms with Gasteiger partial charge in [0.1, 0.15) is 0 Å². The van der Waals surface area contributed by atoms with Gasteiger partial charge in [-0.3, -0.25) is 4.79 Å². The largest absolute Gasteiger partial charge is 0.469 e. The molecule has 1 aromatic carbocycles. The Kier molecular flexibility index (Phi) is 3.07. The van der Waals surface area contributed by atoms with Crippen LogP contribution in [0.5, 0.6) is 0 Å². The maximum absolute atomic E-state index is 11.4. The molecular weight excluding hydrogens is 258 g/mol. The van der Waals surface area contributed by atoms with Crippen LogP contribution in [0.1, 0.15) is 11.6 Å². The van der Waals surface area contributed by atoms with Gasteiger partial charge in [0.05, 0.1) is 13.0 Å². The van der Waals surface area contributed by atoms with Crippen LogP contribution in [0, 0.1) is 5.92 Å². The minimum absolute atomic E-state index is 0.0614. The normalized spacial score (nSPS) is 24.4. The minimum Gasteiger partial charge on any atom is -0.469 e. The van der Waals surface area contributed by atoms with Crippen molar-refractivity contribution in [1.29, 1.82) is 0 Å². The van der Waals surface area contributed by atoms with E-state index in [1.165, 1.54) is 7.11 Å². The summed E-state index contributed by atoms with van der Waals surface area (Å²) in [4.78, 5) is 11.4. The number of halogens is 1. The minimum atomic E-state index is -0.144. The summed E-state index contributed by atoms with van der Waals surface area (Å²) in [5.74, 6) is -0.205. The van der Waals surface area contributed by atoms with Crippen molar-refractivity contribution in [2.75, 3.05) is 13.7 Å². The number of benzene rings is 1. The fourth-order valence-electron chi connectivity index (χ4n) is 1.78. The van der Waals surface area contributed by atoms with E-state index in [1.54, 1.807) is 0 Å². The van der Waals surface area contributed by atoms with Crippen molar-refractivity contribution >= 4 is 21.9 Å². The lowest BCUT2D eigenvalue weighted by atomic mass is 9.86. The SMILES string of the molecule is COC(=O)C1CNC1c1ccccc1Br. The van der Waals surface area contributed by atoms with Gasteiger partial charge >= 0.3 is 5.97 Å². The smallest absolute Gasteiger partial charge is 0.311 e. The molecular formula is C11H12BrNO2. The van der Waals surface area contributed by atoms with Gasteiger partial charge in [-0.05, 0) is 11.6 Å². The molecule has 4 heteroatoms. The summed E-state index contributed by atoms with van der Waals surface area (Å²) >= 11 is 3.48. The van der Waals surface area contributed by atoms with Gasteiger partial charge in [0.15, 0.2) is 0 Å². The molecule has 0 radical (unpaired) electrons. The summed E-state index contributed by atoms with van der Waals surface area (Å²) in [5, 5.41) is 3.24. The van der Waals surface area contributed by atoms with Crippen LogP contribution in [0.15, 0.2) is 28.7 Å². The number of hydrogen-bond acceptors (Lipinski definition) is 3. The third kappa shape index (κ3) is 1.92. The number of rotatable bonds is 2. The van der Waals surface area contributed by atoms with E-state index < -0.39 is 0 Å². The van der Waals surface area contributed by atoms with Gasteiger partial charge in [-0.25, -0.2) is 0 Å². The van der Waals surface area contributed by atoms with Crippen molar-refractivity contribution in [3.8, 4) is 0 Å². The Morgan fingerprint density at radius 2 is 2.27 bits per heavy atom. The van der Waals surface area contributed by atoms with E-state index in [9.17, 15) is 4.79 Å². The van der Waals surface area contributed by atoms with E-state index in [0.717, 1.165) is 10.0 Å². The fraction of sp³-hybridized carbons (Fsp3) is 0.364. The molecule has 1 aliphatic heterocycles. The van der Waals surface area contributed by atoms with E-state index in [2.05, 4.69) is 21.2 Å². The van der Waals surface area contributed by atoms with Crippen molar-refractivity contribution in [1.82, 2.24) is 5.32 Å². The Hall–Kier alpha value is -0.870. The molecule has 15 heavy (non-hydrogen) atoms. The molecule has 3 nitrogen and oxygen atoms in total. The van der Waals surface area contributed by atoms with Gasteiger partial charge in [0.2, 0.25) is 0 Å². The summed E-state index contributed by atoms with van der Waals surface area (Å²) in [6, 6.07) is 7.99. The first kappa shape index (κ1) is 10.6. The summed E-state index contributed by atoms with van der Waals surface area (Å²) in [5.41, 5.74) is 1.11. The Labute approximate surface area is 96.9 Å². The number of carbonyl (C=O) groups is 1. The Morgan fingerprint density at radius 1 is 1.53 bits per heavy atom. The van der Waals surface area contributed by atoms with E-state index in [0.29, 0.717) is 6.54 Å². The second-order valence-corrected chi connectivity index (χ2v) is 4.39. The molecule has 2 atom stereocenters. The standard InChI is InChI=1S/C11H12BrNO2/c1-15-11(14)8-6-13-10(8)7-4-2-3-5-9(7)12/h2-5,8,10,13H,6H2,1H3. The van der Waals surface area contributed by atoms with Crippen LogP contribution in [-0.4, -0.2) is 19.6 Å². The molecule has 1 aromatic rings. The predicted octanol–water partition coefficient (Wildman–Crippen LogP) is 1.88. The van der Waals surface area contributed by atoms with Crippen LogP contribution >= 0.6 is 15.9 Å². The summed E-state index contributed by atoms with van der Waals surface area (Å²) in [6.45, 7) is 0.693. The number of ether oxygens (including phenoxy) is 1. The van der Waals surface area contributed by atoms with E-state index in [1.807, 2.05) is 24.3 Å². The highest BCUT2D eigenvalue weighted by molar-refractivity contribution is 9.10. The van der Waals surface area contributed by atoms with Crippen molar-refractivity contribution in [2.24, 2.45) is 5.92 Å². The van der Waals surface area contributed by atoms with Gasteiger partial charge in [-0.15, -0.1) is 0 Å². The van der Waals surface area contributed by atoms with Gasteiger partial charge < -0.3 is 10.1 Å². The Morgan fingerprint density at radius 3 is 2.80 bits per heavy atom. The van der Waals surface area contributed by atoms with Crippen LogP contribution < -0.4 is 5.32 Å². The molecule has 1 N–H and O–H groups in total. The first-order valence-corrected chi connectivity index (χ1v) is 5.59. The zero-order valence-corrected chi connectivity index (χ0v) is 9.95. The third-order valence-corrected chi connectivity index (χ3v) is 3.43. The van der Waals surface area contributed by atoms with Crippen molar-refractivity contribution in [3.63, 3.8) is 0 Å². The fourth-order valence-corrected chi connectivity index (χ4v) is 2.31.